The number of likely N-dealkylation sites (tertiary alicyclic amines) is 4. The van der Waals surface area contributed by atoms with Crippen molar-refractivity contribution >= 4 is 5.91 Å². The fourth-order valence-corrected chi connectivity index (χ4v) is 13.3. The second-order valence-corrected chi connectivity index (χ2v) is 25.3. The Labute approximate surface area is 577 Å². The van der Waals surface area contributed by atoms with E-state index in [4.69, 9.17) is 66.4 Å². The Balaban J connectivity index is 0.000000584. The Bertz CT molecular complexity index is 2050. The van der Waals surface area contributed by atoms with Crippen molar-refractivity contribution in [1.29, 1.82) is 0 Å². The summed E-state index contributed by atoms with van der Waals surface area (Å²) < 4.78 is 0. The number of hydrogen-bond acceptors (Lipinski definition) is 42. The minimum atomic E-state index is -1.17. The Morgan fingerprint density at radius 3 is 0.750 bits per heavy atom. The fourth-order valence-electron chi connectivity index (χ4n) is 13.3. The first kappa shape index (κ1) is 95.8. The van der Waals surface area contributed by atoms with Crippen molar-refractivity contribution < 1.29 is 178 Å². The lowest BCUT2D eigenvalue weighted by Gasteiger charge is -2.30. The van der Waals surface area contributed by atoms with Gasteiger partial charge in [0.15, 0.2) is 0 Å². The normalized spacial score (nSPS) is 40.3. The smallest absolute Gasteiger partial charge is 0.216 e. The van der Waals surface area contributed by atoms with E-state index in [1.807, 2.05) is 0 Å². The van der Waals surface area contributed by atoms with Gasteiger partial charge in [-0.1, -0.05) is 13.8 Å². The molecule has 7 aliphatic rings. The first-order valence-electron chi connectivity index (χ1n) is 32.6. The summed E-state index contributed by atoms with van der Waals surface area (Å²) in [6.45, 7) is 0.720. The molecular formula is C57H120N8O35. The van der Waals surface area contributed by atoms with Crippen LogP contribution in [0.15, 0.2) is 0 Å². The van der Waals surface area contributed by atoms with Crippen LogP contribution in [-0.4, -0.2) is 532 Å². The number of nitrogens with one attached hydrogen (secondary N) is 4. The van der Waals surface area contributed by atoms with Crippen LogP contribution in [0, 0.1) is 0 Å². The van der Waals surface area contributed by atoms with Crippen LogP contribution in [0.1, 0.15) is 20.8 Å². The molecule has 7 saturated heterocycles. The maximum absolute atomic E-state index is 10.6. The van der Waals surface area contributed by atoms with E-state index < -0.39 is 252 Å². The summed E-state index contributed by atoms with van der Waals surface area (Å²) in [5.74, 6) is -0.286. The summed E-state index contributed by atoms with van der Waals surface area (Å²) in [5.41, 5.74) is 0. The van der Waals surface area contributed by atoms with E-state index in [1.54, 1.807) is 37.7 Å². The Morgan fingerprint density at radius 1 is 0.320 bits per heavy atom. The van der Waals surface area contributed by atoms with Crippen molar-refractivity contribution in [2.24, 2.45) is 0 Å². The molecule has 0 aliphatic carbocycles. The molecule has 43 heteroatoms. The van der Waals surface area contributed by atoms with Crippen molar-refractivity contribution in [3.8, 4) is 0 Å². The standard InChI is InChI=1S/C9H18N2O5.2C9H19NO5.2C8H17NO5.2C7H15NO5/c1-4(13)10-2-6(14)7-9(16)8(15)5(3-12)11-7;2*1-2-10-5(3-11)8(14)9(15)7(10)6(13)4-12;2*1-9-4(2-10)7(13)8(14)6(9)5(12)3-11;2*9-1-3-6(12)7(13)5(8-3)4(11)2-10/h5-9,11-12,14-16H,2-3H2,1H3,(H,10,13);2*5-9,11-15H,2-4H2,1H3;2*4-8,10-14H,2-3H2,1H3;2*3-13H,1-2H2/t5-,6-,7-,8-,9-;5-,6+,7+,8-,9-;5-,6-,7-,8-,9-;4-,5+,6+,7-,8-;4-,5-,6-,7-,8-;3-,4+,5+,6-,7-;3-,4-,5-,6-,7-/m1111111/s1. The SMILES string of the molecule is CC(=O)NC[C@@H](O)[C@H]1N[C@H](CO)[C@@H](O)[C@@H]1O.CCN1[C@@H]([C@@H](O)CO)[C@@H](O)[C@H](O)[C@H]1CO.CCN1[C@H]([C@H](O)CO)[C@@H](O)[C@H](O)[C@H]1CO.CN1[C@@H]([C@@H](O)CO)[C@@H](O)[C@H](O)[C@H]1CO.CN1[C@H]([C@H](O)CO)[C@@H](O)[C@H](O)[C@H]1CO.OC[C@@H](O)[C@H]1N[C@H](CO)[C@@H](O)[C@@H]1O.OC[C@H](O)[C@@H]1N[C@H](CO)[C@@H](O)[C@@H]1O. The molecule has 43 nitrogen and oxygen atoms in total. The summed E-state index contributed by atoms with van der Waals surface area (Å²) in [5, 5.41) is 324. The fraction of sp³-hybridized carbons (Fsp3) is 0.982. The van der Waals surface area contributed by atoms with Crippen LogP contribution in [0.4, 0.5) is 0 Å². The van der Waals surface area contributed by atoms with Crippen LogP contribution in [0.25, 0.3) is 0 Å². The number of hydrogen-bond donors (Lipinski definition) is 38. The van der Waals surface area contributed by atoms with Crippen LogP contribution in [0.2, 0.25) is 0 Å². The molecule has 0 aromatic rings. The molecule has 0 spiro atoms. The Morgan fingerprint density at radius 2 is 0.550 bits per heavy atom. The zero-order valence-corrected chi connectivity index (χ0v) is 56.4. The van der Waals surface area contributed by atoms with Crippen LogP contribution in [0.3, 0.4) is 0 Å². The lowest BCUT2D eigenvalue weighted by Crippen LogP contribution is -2.49. The highest BCUT2D eigenvalue weighted by Gasteiger charge is 2.53. The van der Waals surface area contributed by atoms with Crippen molar-refractivity contribution in [1.82, 2.24) is 40.9 Å². The van der Waals surface area contributed by atoms with E-state index in [0.29, 0.717) is 13.1 Å². The van der Waals surface area contributed by atoms with E-state index in [9.17, 15) is 112 Å². The molecule has 7 rings (SSSR count). The first-order valence-corrected chi connectivity index (χ1v) is 32.6. The zero-order valence-electron chi connectivity index (χ0n) is 56.4. The molecule has 598 valence electrons. The molecule has 0 aromatic carbocycles. The lowest BCUT2D eigenvalue weighted by molar-refractivity contribution is -0.119. The first-order chi connectivity index (χ1) is 46.9. The van der Waals surface area contributed by atoms with E-state index >= 15 is 0 Å². The molecule has 7 aliphatic heterocycles. The molecule has 100 heavy (non-hydrogen) atoms. The van der Waals surface area contributed by atoms with Gasteiger partial charge in [-0.15, -0.1) is 0 Å². The quantitative estimate of drug-likeness (QED) is 0.0427. The second-order valence-electron chi connectivity index (χ2n) is 25.3. The average molecular weight is 1480 g/mol. The highest BCUT2D eigenvalue weighted by Crippen LogP contribution is 2.30. The summed E-state index contributed by atoms with van der Waals surface area (Å²) in [6.07, 6.45) is -23.6. The van der Waals surface area contributed by atoms with Crippen LogP contribution < -0.4 is 21.3 Å². The van der Waals surface area contributed by atoms with Crippen LogP contribution >= 0.6 is 0 Å². The maximum atomic E-state index is 10.6. The van der Waals surface area contributed by atoms with Crippen molar-refractivity contribution in [3.63, 3.8) is 0 Å². The Kier molecular flexibility index (Phi) is 44.9. The molecule has 35 atom stereocenters. The number of nitrogens with zero attached hydrogens (tertiary/aromatic N) is 4. The second kappa shape index (κ2) is 46.8. The van der Waals surface area contributed by atoms with Gasteiger partial charge in [-0.05, 0) is 27.2 Å². The van der Waals surface area contributed by atoms with Crippen molar-refractivity contribution in [2.45, 2.75) is 234 Å². The maximum Gasteiger partial charge on any atom is 0.216 e. The van der Waals surface area contributed by atoms with E-state index in [-0.39, 0.29) is 58.7 Å². The molecule has 1 amide bonds. The summed E-state index contributed by atoms with van der Waals surface area (Å²) in [4.78, 5) is 16.8. The zero-order chi connectivity index (χ0) is 77.2. The van der Waals surface area contributed by atoms with Crippen molar-refractivity contribution in [2.75, 3.05) is 120 Å². The Hall–Kier alpha value is -2.17. The third-order valence-corrected chi connectivity index (χ3v) is 19.2. The molecular weight excluding hydrogens is 1360 g/mol. The molecule has 7 fully saturated rings. The van der Waals surface area contributed by atoms with Gasteiger partial charge in [0.2, 0.25) is 5.91 Å². The van der Waals surface area contributed by atoms with Gasteiger partial charge in [0, 0.05) is 13.5 Å². The predicted octanol–water partition coefficient (Wildman–Crippen LogP) is -22.9. The minimum Gasteiger partial charge on any atom is -0.395 e. The molecule has 38 N–H and O–H groups in total. The van der Waals surface area contributed by atoms with E-state index in [2.05, 4.69) is 21.3 Å². The molecule has 0 radical (unpaired) electrons. The van der Waals surface area contributed by atoms with Gasteiger partial charge in [-0.3, -0.25) is 24.4 Å². The third-order valence-electron chi connectivity index (χ3n) is 19.2. The summed E-state index contributed by atoms with van der Waals surface area (Å²) in [7, 11) is 3.15. The molecule has 0 saturated carbocycles. The van der Waals surface area contributed by atoms with Crippen LogP contribution in [0.5, 0.6) is 0 Å². The topological polar surface area (TPSA) is 766 Å². The monoisotopic (exact) mass is 1480 g/mol. The summed E-state index contributed by atoms with van der Waals surface area (Å²) >= 11 is 0. The van der Waals surface area contributed by atoms with Gasteiger partial charge in [-0.25, -0.2) is 0 Å². The third kappa shape index (κ3) is 24.2. The number of likely N-dealkylation sites (N-methyl/N-ethyl adjacent to an activating group) is 4. The van der Waals surface area contributed by atoms with Gasteiger partial charge < -0.3 is 195 Å². The largest absolute Gasteiger partial charge is 0.395 e. The highest BCUT2D eigenvalue weighted by atomic mass is 16.4. The number of aliphatic hydroxyl groups is 34. The number of amides is 1. The van der Waals surface area contributed by atoms with Gasteiger partial charge in [0.1, 0.15) is 0 Å². The lowest BCUT2D eigenvalue weighted by atomic mass is 10.0. The minimum absolute atomic E-state index is 0.0189. The highest BCUT2D eigenvalue weighted by molar-refractivity contribution is 5.72. The summed E-state index contributed by atoms with van der Waals surface area (Å²) in [6, 6.07) is -9.64. The van der Waals surface area contributed by atoms with Crippen LogP contribution in [-0.2, 0) is 4.79 Å². The van der Waals surface area contributed by atoms with E-state index in [0.717, 1.165) is 0 Å². The average Bonchev–Trinajstić information content (AvgIpc) is 1.67. The number of aliphatic hydroxyl groups excluding tert-OH is 34. The number of carbonyl (C=O) groups is 1. The van der Waals surface area contributed by atoms with Gasteiger partial charge in [0.25, 0.3) is 0 Å². The molecule has 0 aromatic heterocycles. The molecule has 0 unspecified atom stereocenters. The van der Waals surface area contributed by atoms with Gasteiger partial charge in [0.05, 0.1) is 299 Å². The molecule has 0 bridgehead atoms. The van der Waals surface area contributed by atoms with E-state index in [1.165, 1.54) is 16.7 Å². The number of carbonyl (C=O) groups excluding carboxylic acids is 1. The molecule has 7 heterocycles. The van der Waals surface area contributed by atoms with Gasteiger partial charge in [-0.2, -0.15) is 0 Å². The van der Waals surface area contributed by atoms with Gasteiger partial charge >= 0.3 is 0 Å². The number of rotatable bonds is 24. The van der Waals surface area contributed by atoms with Crippen molar-refractivity contribution in [3.05, 3.63) is 0 Å². The predicted molar refractivity (Wildman–Crippen MR) is 340 cm³/mol.